The lowest BCUT2D eigenvalue weighted by atomic mass is 10.0. The molecule has 3 N–H and O–H groups in total. The van der Waals surface area contributed by atoms with Crippen LogP contribution in [-0.2, 0) is 11.2 Å². The molecule has 0 aliphatic heterocycles. The van der Waals surface area contributed by atoms with Gasteiger partial charge < -0.3 is 19.9 Å². The maximum Gasteiger partial charge on any atom is 0.228 e. The fourth-order valence-corrected chi connectivity index (χ4v) is 5.73. The van der Waals surface area contributed by atoms with Crippen LogP contribution in [0, 0.1) is 5.82 Å². The number of nitrogens with one attached hydrogen (secondary N) is 3. The van der Waals surface area contributed by atoms with Gasteiger partial charge >= 0.3 is 0 Å². The van der Waals surface area contributed by atoms with Crippen molar-refractivity contribution in [3.63, 3.8) is 0 Å². The summed E-state index contributed by atoms with van der Waals surface area (Å²) in [6.07, 6.45) is 3.71. The number of carbonyl (C=O) groups is 1. The second-order valence-corrected chi connectivity index (χ2v) is 11.8. The lowest BCUT2D eigenvalue weighted by molar-refractivity contribution is -0.115. The van der Waals surface area contributed by atoms with Crippen LogP contribution in [0.3, 0.4) is 0 Å². The van der Waals surface area contributed by atoms with Crippen LogP contribution < -0.4 is 10.1 Å². The Balaban J connectivity index is 1.18. The van der Waals surface area contributed by atoms with Crippen molar-refractivity contribution in [2.24, 2.45) is 0 Å². The highest BCUT2D eigenvalue weighted by molar-refractivity contribution is 6.02. The van der Waals surface area contributed by atoms with Crippen LogP contribution in [0.25, 0.3) is 55.4 Å². The van der Waals surface area contributed by atoms with Crippen molar-refractivity contribution in [1.82, 2.24) is 25.1 Å². The highest BCUT2D eigenvalue weighted by atomic mass is 19.1. The van der Waals surface area contributed by atoms with Crippen molar-refractivity contribution in [2.45, 2.75) is 6.42 Å². The lowest BCUT2D eigenvalue weighted by Gasteiger charge is -2.12. The van der Waals surface area contributed by atoms with E-state index in [9.17, 15) is 9.18 Å². The minimum absolute atomic E-state index is 0.104. The summed E-state index contributed by atoms with van der Waals surface area (Å²) in [5.74, 6) is 0.0391. The van der Waals surface area contributed by atoms with Crippen LogP contribution in [0.4, 0.5) is 10.1 Å². The Kier molecular flexibility index (Phi) is 8.20. The third-order valence-corrected chi connectivity index (χ3v) is 8.03. The zero-order chi connectivity index (χ0) is 32.3. The molecule has 9 heteroatoms. The first-order valence-electron chi connectivity index (χ1n) is 15.4. The average Bonchev–Trinajstić information content (AvgIpc) is 3.69. The number of pyridine rings is 1. The molecular formula is C38H33FN6O2. The van der Waals surface area contributed by atoms with Crippen LogP contribution in [0.1, 0.15) is 5.56 Å². The lowest BCUT2D eigenvalue weighted by Crippen LogP contribution is -2.19. The minimum Gasteiger partial charge on any atom is -0.492 e. The van der Waals surface area contributed by atoms with E-state index < -0.39 is 0 Å². The molecule has 3 heterocycles. The van der Waals surface area contributed by atoms with Crippen LogP contribution in [-0.4, -0.2) is 58.2 Å². The maximum atomic E-state index is 14.7. The fourth-order valence-electron chi connectivity index (χ4n) is 5.73. The second-order valence-electron chi connectivity index (χ2n) is 11.8. The normalized spacial score (nSPS) is 11.4. The highest BCUT2D eigenvalue weighted by Crippen LogP contribution is 2.36. The van der Waals surface area contributed by atoms with Crippen molar-refractivity contribution >= 4 is 33.4 Å². The first-order chi connectivity index (χ1) is 22.9. The van der Waals surface area contributed by atoms with Gasteiger partial charge in [-0.1, -0.05) is 48.5 Å². The van der Waals surface area contributed by atoms with Crippen molar-refractivity contribution < 1.29 is 13.9 Å². The number of amides is 1. The molecule has 47 heavy (non-hydrogen) atoms. The number of rotatable bonds is 10. The summed E-state index contributed by atoms with van der Waals surface area (Å²) in [6.45, 7) is 1.20. The molecule has 0 aliphatic carbocycles. The predicted molar refractivity (Wildman–Crippen MR) is 185 cm³/mol. The predicted octanol–water partition coefficient (Wildman–Crippen LogP) is 7.70. The SMILES string of the molecule is CN(C)CCOc1cc(F)cc(-c2cccc3[nH]c(-c4n[nH]c5ccc(-c6cncc(NC(=O)Cc7ccccc7)c6)cc45)cc23)c1. The van der Waals surface area contributed by atoms with Gasteiger partial charge in [0.2, 0.25) is 5.91 Å². The van der Waals surface area contributed by atoms with Gasteiger partial charge in [-0.3, -0.25) is 14.9 Å². The number of halogens is 1. The van der Waals surface area contributed by atoms with Crippen molar-refractivity contribution in [2.75, 3.05) is 32.6 Å². The zero-order valence-corrected chi connectivity index (χ0v) is 26.0. The Hall–Kier alpha value is -5.80. The number of fused-ring (bicyclic) bond motifs is 2. The molecule has 0 saturated heterocycles. The van der Waals surface area contributed by atoms with Gasteiger partial charge in [0.25, 0.3) is 0 Å². The number of likely N-dealkylation sites (N-methyl/N-ethyl adjacent to an activating group) is 1. The molecule has 0 spiro atoms. The van der Waals surface area contributed by atoms with Gasteiger partial charge in [0.1, 0.15) is 23.9 Å². The molecule has 0 bridgehead atoms. The third-order valence-electron chi connectivity index (χ3n) is 8.03. The van der Waals surface area contributed by atoms with Gasteiger partial charge in [0.05, 0.1) is 29.5 Å². The number of benzene rings is 4. The van der Waals surface area contributed by atoms with E-state index in [4.69, 9.17) is 4.74 Å². The number of aromatic nitrogens is 4. The van der Waals surface area contributed by atoms with Gasteiger partial charge in [-0.25, -0.2) is 4.39 Å². The van der Waals surface area contributed by atoms with Crippen molar-refractivity contribution in [3.8, 4) is 39.4 Å². The van der Waals surface area contributed by atoms with Gasteiger partial charge in [-0.05, 0) is 78.8 Å². The van der Waals surface area contributed by atoms with Crippen molar-refractivity contribution in [3.05, 3.63) is 121 Å². The van der Waals surface area contributed by atoms with E-state index in [-0.39, 0.29) is 18.1 Å². The summed E-state index contributed by atoms with van der Waals surface area (Å²) in [6, 6.07) is 30.4. The van der Waals surface area contributed by atoms with E-state index in [0.29, 0.717) is 18.0 Å². The summed E-state index contributed by atoms with van der Waals surface area (Å²) in [7, 11) is 3.94. The quantitative estimate of drug-likeness (QED) is 0.145. The van der Waals surface area contributed by atoms with Crippen LogP contribution in [0.2, 0.25) is 0 Å². The Labute approximate surface area is 271 Å². The van der Waals surface area contributed by atoms with Gasteiger partial charge in [-0.15, -0.1) is 0 Å². The number of anilines is 1. The molecule has 4 aromatic carbocycles. The molecule has 0 aliphatic rings. The molecule has 3 aromatic heterocycles. The van der Waals surface area contributed by atoms with Crippen LogP contribution in [0.15, 0.2) is 109 Å². The summed E-state index contributed by atoms with van der Waals surface area (Å²) in [5, 5.41) is 12.6. The molecular weight excluding hydrogens is 591 g/mol. The molecule has 0 atom stereocenters. The van der Waals surface area contributed by atoms with Crippen molar-refractivity contribution in [1.29, 1.82) is 0 Å². The van der Waals surface area contributed by atoms with Crippen LogP contribution >= 0.6 is 0 Å². The monoisotopic (exact) mass is 624 g/mol. The van der Waals surface area contributed by atoms with Gasteiger partial charge in [0, 0.05) is 40.7 Å². The Morgan fingerprint density at radius 2 is 1.72 bits per heavy atom. The molecule has 0 saturated carbocycles. The second kappa shape index (κ2) is 12.9. The van der Waals surface area contributed by atoms with E-state index in [1.807, 2.05) is 91.8 Å². The Morgan fingerprint density at radius 3 is 2.57 bits per heavy atom. The Morgan fingerprint density at radius 1 is 0.851 bits per heavy atom. The number of nitrogens with zero attached hydrogens (tertiary/aromatic N) is 3. The zero-order valence-electron chi connectivity index (χ0n) is 26.0. The molecule has 1 amide bonds. The summed E-state index contributed by atoms with van der Waals surface area (Å²) in [5.41, 5.74) is 8.38. The Bertz CT molecular complexity index is 2210. The summed E-state index contributed by atoms with van der Waals surface area (Å²) < 4.78 is 20.6. The number of ether oxygens (including phenoxy) is 1. The van der Waals surface area contributed by atoms with Crippen LogP contribution in [0.5, 0.6) is 5.75 Å². The standard InChI is InChI=1S/C38H33FN6O2/c1-45(2)13-14-47-30-18-26(16-28(39)20-30)31-9-6-10-34-32(31)21-36(42-34)38-33-19-25(11-12-35(33)43-44-38)27-17-29(23-40-22-27)41-37(46)15-24-7-4-3-5-8-24/h3-12,16-23,42H,13-15H2,1-2H3,(H,41,46)(H,43,44). The first-order valence-corrected chi connectivity index (χ1v) is 15.4. The maximum absolute atomic E-state index is 14.7. The number of carbonyl (C=O) groups excluding carboxylic acids is 1. The number of aromatic amines is 2. The largest absolute Gasteiger partial charge is 0.492 e. The van der Waals surface area contributed by atoms with E-state index in [2.05, 4.69) is 37.6 Å². The van der Waals surface area contributed by atoms with E-state index in [1.54, 1.807) is 12.4 Å². The molecule has 7 rings (SSSR count). The number of hydrogen-bond acceptors (Lipinski definition) is 5. The van der Waals surface area contributed by atoms with E-state index in [0.717, 1.165) is 67.6 Å². The molecule has 0 fully saturated rings. The minimum atomic E-state index is -0.352. The van der Waals surface area contributed by atoms with Gasteiger partial charge in [0.15, 0.2) is 0 Å². The molecule has 0 unspecified atom stereocenters. The number of hydrogen-bond donors (Lipinski definition) is 3. The topological polar surface area (TPSA) is 98.9 Å². The highest BCUT2D eigenvalue weighted by Gasteiger charge is 2.16. The molecule has 0 radical (unpaired) electrons. The average molecular weight is 625 g/mol. The van der Waals surface area contributed by atoms with E-state index >= 15 is 0 Å². The summed E-state index contributed by atoms with van der Waals surface area (Å²) in [4.78, 5) is 22.6. The van der Waals surface area contributed by atoms with E-state index in [1.165, 1.54) is 12.1 Å². The molecule has 7 aromatic rings. The smallest absolute Gasteiger partial charge is 0.228 e. The first kappa shape index (κ1) is 29.9. The molecule has 234 valence electrons. The summed E-state index contributed by atoms with van der Waals surface area (Å²) >= 11 is 0. The van der Waals surface area contributed by atoms with Gasteiger partial charge in [-0.2, -0.15) is 5.10 Å². The molecule has 8 nitrogen and oxygen atoms in total. The number of H-pyrrole nitrogens is 2. The fraction of sp³-hybridized carbons (Fsp3) is 0.132. The third kappa shape index (κ3) is 6.61.